The van der Waals surface area contributed by atoms with Gasteiger partial charge in [-0.3, -0.25) is 0 Å². The minimum Gasteiger partial charge on any atom is -0.0719 e. The summed E-state index contributed by atoms with van der Waals surface area (Å²) in [4.78, 5) is 0. The van der Waals surface area contributed by atoms with Gasteiger partial charge in [0.1, 0.15) is 0 Å². The minimum atomic E-state index is 0.344. The lowest BCUT2D eigenvalue weighted by molar-refractivity contribution is 0.245. The highest BCUT2D eigenvalue weighted by Crippen LogP contribution is 2.36. The van der Waals surface area contributed by atoms with Crippen molar-refractivity contribution in [2.24, 2.45) is 29.6 Å². The molecule has 0 aliphatic heterocycles. The standard InChI is InChI=1S/C27H55B/c1-8-10-12-14-15-17-19-26(18-16-13-11-9-2)21-20-23(5)25(7)27(28)24(6)22(3)4/h22-27H,8-21H2,1-7H3. The summed E-state index contributed by atoms with van der Waals surface area (Å²) < 4.78 is 0. The van der Waals surface area contributed by atoms with E-state index < -0.39 is 0 Å². The lowest BCUT2D eigenvalue weighted by Crippen LogP contribution is -2.23. The van der Waals surface area contributed by atoms with Gasteiger partial charge in [0.2, 0.25) is 0 Å². The van der Waals surface area contributed by atoms with E-state index in [-0.39, 0.29) is 0 Å². The molecular weight excluding hydrogens is 335 g/mol. The topological polar surface area (TPSA) is 0 Å². The molecule has 28 heavy (non-hydrogen) atoms. The molecule has 0 rings (SSSR count). The Labute approximate surface area is 181 Å². The van der Waals surface area contributed by atoms with Crippen molar-refractivity contribution in [3.8, 4) is 0 Å². The highest BCUT2D eigenvalue weighted by atomic mass is 14.3. The third-order valence-corrected chi connectivity index (χ3v) is 7.63. The molecule has 0 aliphatic rings. The Kier molecular flexibility index (Phi) is 17.9. The smallest absolute Gasteiger partial charge is 0.0707 e. The first-order chi connectivity index (χ1) is 13.3. The SMILES string of the molecule is [B]C(C(C)C(C)C)C(C)C(C)CCC(CCCCCC)CCCCCCCC. The molecule has 0 bridgehead atoms. The molecule has 0 aliphatic carbocycles. The van der Waals surface area contributed by atoms with Gasteiger partial charge in [-0.05, 0) is 29.6 Å². The molecule has 2 radical (unpaired) electrons. The zero-order chi connectivity index (χ0) is 21.4. The van der Waals surface area contributed by atoms with Gasteiger partial charge in [0, 0.05) is 0 Å². The summed E-state index contributed by atoms with van der Waals surface area (Å²) in [5.41, 5.74) is 0. The normalized spacial score (nSPS) is 17.4. The second-order valence-electron chi connectivity index (χ2n) is 10.4. The summed E-state index contributed by atoms with van der Waals surface area (Å²) in [7, 11) is 6.62. The van der Waals surface area contributed by atoms with Crippen molar-refractivity contribution in [1.82, 2.24) is 0 Å². The number of hydrogen-bond donors (Lipinski definition) is 0. The van der Waals surface area contributed by atoms with Crippen LogP contribution in [0, 0.1) is 29.6 Å². The van der Waals surface area contributed by atoms with Crippen LogP contribution in [0.1, 0.15) is 138 Å². The highest BCUT2D eigenvalue weighted by Gasteiger charge is 2.25. The van der Waals surface area contributed by atoms with Crippen molar-refractivity contribution in [2.45, 2.75) is 144 Å². The third kappa shape index (κ3) is 13.3. The van der Waals surface area contributed by atoms with Gasteiger partial charge >= 0.3 is 0 Å². The van der Waals surface area contributed by atoms with Crippen LogP contribution in [0.25, 0.3) is 0 Å². The van der Waals surface area contributed by atoms with Crippen LogP contribution in [0.3, 0.4) is 0 Å². The third-order valence-electron chi connectivity index (χ3n) is 7.63. The second kappa shape index (κ2) is 17.9. The van der Waals surface area contributed by atoms with Gasteiger partial charge < -0.3 is 0 Å². The molecule has 0 fully saturated rings. The lowest BCUT2D eigenvalue weighted by atomic mass is 9.62. The molecule has 1 heteroatoms. The predicted molar refractivity (Wildman–Crippen MR) is 131 cm³/mol. The van der Waals surface area contributed by atoms with Crippen LogP contribution in [0.4, 0.5) is 0 Å². The van der Waals surface area contributed by atoms with Crippen LogP contribution < -0.4 is 0 Å². The average Bonchev–Trinajstić information content (AvgIpc) is 2.68. The van der Waals surface area contributed by atoms with Crippen molar-refractivity contribution in [3.63, 3.8) is 0 Å². The molecule has 0 amide bonds. The Bertz CT molecular complexity index is 324. The lowest BCUT2D eigenvalue weighted by Gasteiger charge is -2.34. The fourth-order valence-corrected chi connectivity index (χ4v) is 4.57. The molecule has 0 aromatic rings. The molecule has 0 saturated heterocycles. The van der Waals surface area contributed by atoms with Crippen LogP contribution in [-0.4, -0.2) is 7.85 Å². The Morgan fingerprint density at radius 1 is 0.536 bits per heavy atom. The predicted octanol–water partition coefficient (Wildman–Crippen LogP) is 9.63. The summed E-state index contributed by atoms with van der Waals surface area (Å²) in [6.45, 7) is 16.5. The van der Waals surface area contributed by atoms with E-state index in [9.17, 15) is 0 Å². The van der Waals surface area contributed by atoms with E-state index in [0.717, 1.165) is 11.8 Å². The first kappa shape index (κ1) is 28.1. The molecule has 0 heterocycles. The van der Waals surface area contributed by atoms with Gasteiger partial charge in [-0.15, -0.1) is 0 Å². The average molecular weight is 391 g/mol. The summed E-state index contributed by atoms with van der Waals surface area (Å²) in [5, 5.41) is 0. The monoisotopic (exact) mass is 390 g/mol. The molecule has 0 aromatic carbocycles. The first-order valence-corrected chi connectivity index (χ1v) is 13.1. The van der Waals surface area contributed by atoms with Gasteiger partial charge in [0.15, 0.2) is 0 Å². The van der Waals surface area contributed by atoms with Crippen molar-refractivity contribution in [3.05, 3.63) is 0 Å². The Balaban J connectivity index is 4.37. The maximum absolute atomic E-state index is 6.62. The van der Waals surface area contributed by atoms with E-state index in [1.165, 1.54) is 89.9 Å². The molecule has 0 N–H and O–H groups in total. The van der Waals surface area contributed by atoms with E-state index >= 15 is 0 Å². The molecule has 5 unspecified atom stereocenters. The Hall–Kier alpha value is 0.0649. The molecule has 0 nitrogen and oxygen atoms in total. The van der Waals surface area contributed by atoms with E-state index in [1.54, 1.807) is 0 Å². The van der Waals surface area contributed by atoms with Crippen LogP contribution in [0.2, 0.25) is 5.82 Å². The number of rotatable bonds is 19. The van der Waals surface area contributed by atoms with Gasteiger partial charge in [0.05, 0.1) is 7.85 Å². The van der Waals surface area contributed by atoms with E-state index in [0.29, 0.717) is 23.6 Å². The fraction of sp³-hybridized carbons (Fsp3) is 1.00. The Morgan fingerprint density at radius 3 is 1.50 bits per heavy atom. The van der Waals surface area contributed by atoms with Crippen molar-refractivity contribution in [1.29, 1.82) is 0 Å². The van der Waals surface area contributed by atoms with Crippen LogP contribution in [0.15, 0.2) is 0 Å². The quantitative estimate of drug-likeness (QED) is 0.152. The molecule has 0 saturated carbocycles. The van der Waals surface area contributed by atoms with Gasteiger partial charge in [-0.2, -0.15) is 0 Å². The minimum absolute atomic E-state index is 0.344. The van der Waals surface area contributed by atoms with Crippen LogP contribution in [0.5, 0.6) is 0 Å². The number of hydrogen-bond acceptors (Lipinski definition) is 0. The van der Waals surface area contributed by atoms with Crippen molar-refractivity contribution in [2.75, 3.05) is 0 Å². The molecule has 0 spiro atoms. The summed E-state index contributed by atoms with van der Waals surface area (Å²) >= 11 is 0. The maximum Gasteiger partial charge on any atom is 0.0707 e. The zero-order valence-corrected chi connectivity index (χ0v) is 20.9. The fourth-order valence-electron chi connectivity index (χ4n) is 4.57. The zero-order valence-electron chi connectivity index (χ0n) is 20.9. The first-order valence-electron chi connectivity index (χ1n) is 13.1. The van der Waals surface area contributed by atoms with Gasteiger partial charge in [-0.1, -0.05) is 144 Å². The molecule has 166 valence electrons. The summed E-state index contributed by atoms with van der Waals surface area (Å²) in [5.74, 6) is 3.98. The van der Waals surface area contributed by atoms with Gasteiger partial charge in [-0.25, -0.2) is 0 Å². The highest BCUT2D eigenvalue weighted by molar-refractivity contribution is 6.12. The van der Waals surface area contributed by atoms with E-state index in [2.05, 4.69) is 48.5 Å². The van der Waals surface area contributed by atoms with Crippen molar-refractivity contribution < 1.29 is 0 Å². The largest absolute Gasteiger partial charge is 0.0719 e. The number of unbranched alkanes of at least 4 members (excludes halogenated alkanes) is 8. The summed E-state index contributed by atoms with van der Waals surface area (Å²) in [6.07, 6.45) is 19.9. The van der Waals surface area contributed by atoms with Gasteiger partial charge in [0.25, 0.3) is 0 Å². The van der Waals surface area contributed by atoms with E-state index in [4.69, 9.17) is 7.85 Å². The molecule has 5 atom stereocenters. The molecular formula is C27H55B. The molecule has 0 aromatic heterocycles. The van der Waals surface area contributed by atoms with Crippen LogP contribution >= 0.6 is 0 Å². The van der Waals surface area contributed by atoms with E-state index in [1.807, 2.05) is 0 Å². The summed E-state index contributed by atoms with van der Waals surface area (Å²) in [6, 6.07) is 0. The van der Waals surface area contributed by atoms with Crippen LogP contribution in [-0.2, 0) is 0 Å². The van der Waals surface area contributed by atoms with Crippen molar-refractivity contribution >= 4 is 7.85 Å². The Morgan fingerprint density at radius 2 is 1.00 bits per heavy atom. The maximum atomic E-state index is 6.62. The second-order valence-corrected chi connectivity index (χ2v) is 10.4.